The van der Waals surface area contributed by atoms with Crippen LogP contribution in [0.5, 0.6) is 0 Å². The van der Waals surface area contributed by atoms with E-state index in [1.807, 2.05) is 6.92 Å². The van der Waals surface area contributed by atoms with E-state index in [1.165, 1.54) is 24.8 Å². The molecule has 0 bridgehead atoms. The summed E-state index contributed by atoms with van der Waals surface area (Å²) in [4.78, 5) is 7.08. The van der Waals surface area contributed by atoms with Gasteiger partial charge in [-0.05, 0) is 31.9 Å². The molecule has 0 aliphatic carbocycles. The molecule has 1 aliphatic rings. The molecule has 3 N–H and O–H groups in total. The van der Waals surface area contributed by atoms with Crippen LogP contribution in [0.25, 0.3) is 0 Å². The first-order valence-electron chi connectivity index (χ1n) is 8.52. The Bertz CT molecular complexity index is 477. The number of aliphatic imine (C=N–C) groups is 1. The number of benzene rings is 1. The van der Waals surface area contributed by atoms with Crippen LogP contribution in [0.4, 0.5) is 0 Å². The summed E-state index contributed by atoms with van der Waals surface area (Å²) >= 11 is 0. The van der Waals surface area contributed by atoms with Crippen LogP contribution >= 0.6 is 0 Å². The third-order valence-corrected chi connectivity index (χ3v) is 4.26. The molecular weight excluding hydrogens is 288 g/mol. The lowest BCUT2D eigenvalue weighted by molar-refractivity contribution is 0.145. The van der Waals surface area contributed by atoms with Crippen molar-refractivity contribution in [3.8, 4) is 0 Å². The Kier molecular flexibility index (Phi) is 7.36. The molecule has 1 aliphatic heterocycles. The quantitative estimate of drug-likeness (QED) is 0.596. The van der Waals surface area contributed by atoms with Gasteiger partial charge in [0.15, 0.2) is 5.96 Å². The Morgan fingerprint density at radius 2 is 2.17 bits per heavy atom. The second kappa shape index (κ2) is 9.53. The maximum Gasteiger partial charge on any atom is 0.188 e. The van der Waals surface area contributed by atoms with E-state index in [-0.39, 0.29) is 6.04 Å². The average Bonchev–Trinajstić information content (AvgIpc) is 2.55. The molecule has 23 heavy (non-hydrogen) atoms. The first-order chi connectivity index (χ1) is 11.2. The van der Waals surface area contributed by atoms with Gasteiger partial charge in [0, 0.05) is 25.7 Å². The van der Waals surface area contributed by atoms with Crippen LogP contribution in [-0.4, -0.2) is 49.7 Å². The van der Waals surface area contributed by atoms with Crippen molar-refractivity contribution < 1.29 is 4.74 Å². The van der Waals surface area contributed by atoms with Crippen LogP contribution in [0.2, 0.25) is 0 Å². The molecule has 5 heteroatoms. The van der Waals surface area contributed by atoms with Crippen molar-refractivity contribution in [1.29, 1.82) is 0 Å². The van der Waals surface area contributed by atoms with Gasteiger partial charge in [0.05, 0.1) is 13.2 Å². The minimum Gasteiger partial charge on any atom is -0.383 e. The zero-order valence-electron chi connectivity index (χ0n) is 14.4. The molecule has 0 saturated carbocycles. The molecule has 2 unspecified atom stereocenters. The van der Waals surface area contributed by atoms with Crippen LogP contribution in [0.15, 0.2) is 35.3 Å². The minimum absolute atomic E-state index is 0.176. The zero-order valence-corrected chi connectivity index (χ0v) is 14.4. The van der Waals surface area contributed by atoms with Crippen molar-refractivity contribution >= 4 is 5.96 Å². The number of nitrogens with zero attached hydrogens (tertiary/aromatic N) is 2. The standard InChI is InChI=1S/C18H30N4O/c1-15(14-23-2)21-18(19)20-12-17-10-6-7-11-22(17)13-16-8-4-3-5-9-16/h3-5,8-9,15,17H,6-7,10-14H2,1-2H3,(H3,19,20,21). The number of nitrogens with one attached hydrogen (secondary N) is 1. The summed E-state index contributed by atoms with van der Waals surface area (Å²) in [5.74, 6) is 0.514. The molecule has 1 saturated heterocycles. The van der Waals surface area contributed by atoms with Crippen LogP contribution in [0.1, 0.15) is 31.7 Å². The van der Waals surface area contributed by atoms with Gasteiger partial charge in [0.1, 0.15) is 0 Å². The lowest BCUT2D eigenvalue weighted by Crippen LogP contribution is -2.44. The zero-order chi connectivity index (χ0) is 16.5. The fourth-order valence-corrected chi connectivity index (χ4v) is 3.09. The highest BCUT2D eigenvalue weighted by Crippen LogP contribution is 2.19. The Balaban J connectivity index is 1.88. The maximum atomic E-state index is 5.98. The summed E-state index contributed by atoms with van der Waals surface area (Å²) in [5, 5.41) is 3.17. The van der Waals surface area contributed by atoms with Gasteiger partial charge in [0.25, 0.3) is 0 Å². The third kappa shape index (κ3) is 6.20. The lowest BCUT2D eigenvalue weighted by atomic mass is 10.0. The summed E-state index contributed by atoms with van der Waals surface area (Å²) in [6.07, 6.45) is 3.74. The number of nitrogens with two attached hydrogens (primary N) is 1. The van der Waals surface area contributed by atoms with Crippen molar-refractivity contribution in [2.75, 3.05) is 26.8 Å². The minimum atomic E-state index is 0.176. The molecule has 0 spiro atoms. The SMILES string of the molecule is COCC(C)NC(N)=NCC1CCCCN1Cc1ccccc1. The van der Waals surface area contributed by atoms with Crippen LogP contribution in [-0.2, 0) is 11.3 Å². The van der Waals surface area contributed by atoms with Gasteiger partial charge in [-0.2, -0.15) is 0 Å². The van der Waals surface area contributed by atoms with Crippen molar-refractivity contribution in [3.63, 3.8) is 0 Å². The van der Waals surface area contributed by atoms with Crippen LogP contribution in [0, 0.1) is 0 Å². The molecule has 1 aromatic carbocycles. The van der Waals surface area contributed by atoms with E-state index < -0.39 is 0 Å². The number of hydrogen-bond acceptors (Lipinski definition) is 3. The summed E-state index contributed by atoms with van der Waals surface area (Å²) in [5.41, 5.74) is 7.35. The van der Waals surface area contributed by atoms with Crippen LogP contribution < -0.4 is 11.1 Å². The molecule has 1 heterocycles. The first kappa shape index (κ1) is 17.8. The van der Waals surface area contributed by atoms with Crippen molar-refractivity contribution in [2.24, 2.45) is 10.7 Å². The summed E-state index contributed by atoms with van der Waals surface area (Å²) in [7, 11) is 1.69. The van der Waals surface area contributed by atoms with E-state index >= 15 is 0 Å². The molecule has 2 atom stereocenters. The number of methoxy groups -OCH3 is 1. The van der Waals surface area contributed by atoms with Crippen molar-refractivity contribution in [1.82, 2.24) is 10.2 Å². The highest BCUT2D eigenvalue weighted by atomic mass is 16.5. The molecule has 0 amide bonds. The average molecular weight is 318 g/mol. The molecule has 2 rings (SSSR count). The lowest BCUT2D eigenvalue weighted by Gasteiger charge is -2.35. The molecule has 1 fully saturated rings. The molecule has 0 aromatic heterocycles. The third-order valence-electron chi connectivity index (χ3n) is 4.26. The Labute approximate surface area is 139 Å². The summed E-state index contributed by atoms with van der Waals surface area (Å²) in [6.45, 7) is 5.55. The predicted molar refractivity (Wildman–Crippen MR) is 95.5 cm³/mol. The number of ether oxygens (including phenoxy) is 1. The Morgan fingerprint density at radius 3 is 2.91 bits per heavy atom. The van der Waals surface area contributed by atoms with Crippen LogP contribution in [0.3, 0.4) is 0 Å². The number of hydrogen-bond donors (Lipinski definition) is 2. The van der Waals surface area contributed by atoms with Gasteiger partial charge in [-0.15, -0.1) is 0 Å². The van der Waals surface area contributed by atoms with Gasteiger partial charge in [-0.3, -0.25) is 9.89 Å². The number of rotatable bonds is 7. The fraction of sp³-hybridized carbons (Fsp3) is 0.611. The van der Waals surface area contributed by atoms with E-state index in [4.69, 9.17) is 10.5 Å². The van der Waals surface area contributed by atoms with Gasteiger partial charge >= 0.3 is 0 Å². The smallest absolute Gasteiger partial charge is 0.188 e. The van der Waals surface area contributed by atoms with Gasteiger partial charge in [-0.25, -0.2) is 0 Å². The second-order valence-corrected chi connectivity index (χ2v) is 6.33. The predicted octanol–water partition coefficient (Wildman–Crippen LogP) is 1.98. The maximum absolute atomic E-state index is 5.98. The van der Waals surface area contributed by atoms with Gasteiger partial charge < -0.3 is 15.8 Å². The Hall–Kier alpha value is -1.59. The van der Waals surface area contributed by atoms with Crippen molar-refractivity contribution in [3.05, 3.63) is 35.9 Å². The van der Waals surface area contributed by atoms with Gasteiger partial charge in [0.2, 0.25) is 0 Å². The van der Waals surface area contributed by atoms with E-state index in [2.05, 4.69) is 45.5 Å². The Morgan fingerprint density at radius 1 is 1.39 bits per heavy atom. The number of guanidine groups is 1. The monoisotopic (exact) mass is 318 g/mol. The van der Waals surface area contributed by atoms with Crippen molar-refractivity contribution in [2.45, 2.75) is 44.8 Å². The molecule has 1 aromatic rings. The molecule has 5 nitrogen and oxygen atoms in total. The van der Waals surface area contributed by atoms with E-state index in [9.17, 15) is 0 Å². The molecule has 128 valence electrons. The molecule has 0 radical (unpaired) electrons. The topological polar surface area (TPSA) is 62.9 Å². The number of likely N-dealkylation sites (tertiary alicyclic amines) is 1. The fourth-order valence-electron chi connectivity index (χ4n) is 3.09. The second-order valence-electron chi connectivity index (χ2n) is 6.33. The van der Waals surface area contributed by atoms with E-state index in [1.54, 1.807) is 7.11 Å². The highest BCUT2D eigenvalue weighted by molar-refractivity contribution is 5.78. The summed E-state index contributed by atoms with van der Waals surface area (Å²) < 4.78 is 5.10. The van der Waals surface area contributed by atoms with Gasteiger partial charge in [-0.1, -0.05) is 36.8 Å². The highest BCUT2D eigenvalue weighted by Gasteiger charge is 2.22. The number of piperidine rings is 1. The first-order valence-corrected chi connectivity index (χ1v) is 8.52. The summed E-state index contributed by atoms with van der Waals surface area (Å²) in [6, 6.07) is 11.3. The largest absolute Gasteiger partial charge is 0.383 e. The van der Waals surface area contributed by atoms with E-state index in [0.29, 0.717) is 18.6 Å². The normalized spacial score (nSPS) is 21.1. The van der Waals surface area contributed by atoms with E-state index in [0.717, 1.165) is 19.6 Å². The molecular formula is C18H30N4O.